The van der Waals surface area contributed by atoms with Crippen molar-refractivity contribution in [1.82, 2.24) is 5.32 Å². The van der Waals surface area contributed by atoms with E-state index in [-0.39, 0.29) is 45.1 Å². The maximum Gasteiger partial charge on any atom is 0.407 e. The van der Waals surface area contributed by atoms with Gasteiger partial charge in [0.15, 0.2) is 0 Å². The fourth-order valence-corrected chi connectivity index (χ4v) is 4.14. The number of hydrogen-bond acceptors (Lipinski definition) is 5. The number of nitrogens with one attached hydrogen (secondary N) is 1. The Kier molecular flexibility index (Phi) is 19.6. The second-order valence-corrected chi connectivity index (χ2v) is 9.47. The van der Waals surface area contributed by atoms with Gasteiger partial charge in [0.05, 0.1) is 6.61 Å². The van der Waals surface area contributed by atoms with Crippen LogP contribution >= 0.6 is 0 Å². The van der Waals surface area contributed by atoms with Crippen LogP contribution in [-0.4, -0.2) is 51.5 Å². The summed E-state index contributed by atoms with van der Waals surface area (Å²) < 4.78 is 5.23. The Morgan fingerprint density at radius 3 is 1.29 bits per heavy atom. The summed E-state index contributed by atoms with van der Waals surface area (Å²) >= 11 is 0. The van der Waals surface area contributed by atoms with Crippen LogP contribution in [0.3, 0.4) is 0 Å². The molecule has 0 heterocycles. The largest absolute Gasteiger partial charge is 0.481 e. The van der Waals surface area contributed by atoms with Crippen molar-refractivity contribution in [2.75, 3.05) is 6.61 Å². The van der Waals surface area contributed by atoms with E-state index in [0.29, 0.717) is 6.42 Å². The number of carboxylic acid groups (broad SMARTS) is 3. The predicted molar refractivity (Wildman–Crippen MR) is 134 cm³/mol. The van der Waals surface area contributed by atoms with Gasteiger partial charge < -0.3 is 25.4 Å². The van der Waals surface area contributed by atoms with Gasteiger partial charge in [0.2, 0.25) is 0 Å². The fraction of sp³-hybridized carbons (Fsp3) is 0.846. The highest BCUT2D eigenvalue weighted by molar-refractivity contribution is 5.71. The van der Waals surface area contributed by atoms with Crippen LogP contribution in [0, 0.1) is 0 Å². The molecule has 0 saturated heterocycles. The SMILES string of the molecule is CCCCCCCCCCCCCCCOC(=O)NC(CCC(=O)O)(CCC(=O)O)CCC(=O)O. The number of ether oxygens (including phenoxy) is 1. The molecule has 0 saturated carbocycles. The molecule has 4 N–H and O–H groups in total. The maximum absolute atomic E-state index is 12.3. The summed E-state index contributed by atoms with van der Waals surface area (Å²) in [7, 11) is 0. The molecule has 0 aromatic carbocycles. The highest BCUT2D eigenvalue weighted by Crippen LogP contribution is 2.26. The Morgan fingerprint density at radius 1 is 0.600 bits per heavy atom. The molecule has 0 aliphatic carbocycles. The van der Waals surface area contributed by atoms with Gasteiger partial charge in [-0.05, 0) is 25.7 Å². The molecule has 204 valence electrons. The van der Waals surface area contributed by atoms with Crippen LogP contribution in [0.25, 0.3) is 0 Å². The average molecular weight is 502 g/mol. The van der Waals surface area contributed by atoms with Crippen LogP contribution in [0.1, 0.15) is 129 Å². The van der Waals surface area contributed by atoms with E-state index in [1.807, 2.05) is 0 Å². The number of aliphatic carboxylic acids is 3. The Labute approximate surface area is 210 Å². The monoisotopic (exact) mass is 501 g/mol. The van der Waals surface area contributed by atoms with Crippen molar-refractivity contribution < 1.29 is 39.2 Å². The lowest BCUT2D eigenvalue weighted by Gasteiger charge is -2.33. The number of rotatable bonds is 24. The standard InChI is InChI=1S/C26H47NO8/c1-2-3-4-5-6-7-8-9-10-11-12-13-14-21-35-25(34)27-26(18-15-22(28)29,19-16-23(30)31)20-17-24(32)33/h2-21H2,1H3,(H,27,34)(H,28,29)(H,30,31)(H,32,33). The lowest BCUT2D eigenvalue weighted by molar-refractivity contribution is -0.137. The fourth-order valence-electron chi connectivity index (χ4n) is 4.14. The molecule has 35 heavy (non-hydrogen) atoms. The van der Waals surface area contributed by atoms with E-state index < -0.39 is 29.5 Å². The minimum absolute atomic E-state index is 0.0727. The molecule has 0 aliphatic heterocycles. The van der Waals surface area contributed by atoms with Crippen molar-refractivity contribution in [3.05, 3.63) is 0 Å². The van der Waals surface area contributed by atoms with E-state index in [4.69, 9.17) is 20.1 Å². The molecule has 1 amide bonds. The van der Waals surface area contributed by atoms with E-state index in [1.54, 1.807) is 0 Å². The summed E-state index contributed by atoms with van der Waals surface area (Å²) in [4.78, 5) is 45.5. The zero-order valence-corrected chi connectivity index (χ0v) is 21.5. The highest BCUT2D eigenvalue weighted by atomic mass is 16.5. The molecule has 0 spiro atoms. The third-order valence-electron chi connectivity index (χ3n) is 6.30. The number of hydrogen-bond donors (Lipinski definition) is 4. The lowest BCUT2D eigenvalue weighted by Crippen LogP contribution is -2.49. The minimum Gasteiger partial charge on any atom is -0.481 e. The summed E-state index contributed by atoms with van der Waals surface area (Å²) in [5, 5.41) is 29.7. The summed E-state index contributed by atoms with van der Waals surface area (Å²) in [6.45, 7) is 2.43. The first-order chi connectivity index (χ1) is 16.7. The van der Waals surface area contributed by atoms with Crippen LogP contribution in [-0.2, 0) is 19.1 Å². The van der Waals surface area contributed by atoms with Gasteiger partial charge >= 0.3 is 24.0 Å². The molecular weight excluding hydrogens is 454 g/mol. The molecule has 0 bridgehead atoms. The van der Waals surface area contributed by atoms with Gasteiger partial charge in [-0.3, -0.25) is 14.4 Å². The smallest absolute Gasteiger partial charge is 0.407 e. The predicted octanol–water partition coefficient (Wildman–Crippen LogP) is 6.14. The van der Waals surface area contributed by atoms with Crippen molar-refractivity contribution >= 4 is 24.0 Å². The van der Waals surface area contributed by atoms with Gasteiger partial charge in [-0.2, -0.15) is 0 Å². The zero-order chi connectivity index (χ0) is 26.4. The van der Waals surface area contributed by atoms with Crippen LogP contribution in [0.2, 0.25) is 0 Å². The Hall–Kier alpha value is -2.32. The topological polar surface area (TPSA) is 150 Å². The number of carboxylic acids is 3. The van der Waals surface area contributed by atoms with Gasteiger partial charge in [0.1, 0.15) is 0 Å². The first-order valence-electron chi connectivity index (χ1n) is 13.3. The van der Waals surface area contributed by atoms with Gasteiger partial charge in [-0.15, -0.1) is 0 Å². The molecule has 0 aliphatic rings. The van der Waals surface area contributed by atoms with Crippen molar-refractivity contribution in [2.45, 2.75) is 134 Å². The normalized spacial score (nSPS) is 11.2. The second-order valence-electron chi connectivity index (χ2n) is 9.47. The van der Waals surface area contributed by atoms with Gasteiger partial charge in [0.25, 0.3) is 0 Å². The Morgan fingerprint density at radius 2 is 0.943 bits per heavy atom. The van der Waals surface area contributed by atoms with Gasteiger partial charge in [-0.1, -0.05) is 84.0 Å². The maximum atomic E-state index is 12.3. The zero-order valence-electron chi connectivity index (χ0n) is 21.5. The quantitative estimate of drug-likeness (QED) is 0.115. The highest BCUT2D eigenvalue weighted by Gasteiger charge is 2.34. The molecule has 0 fully saturated rings. The molecule has 0 aromatic heterocycles. The van der Waals surface area contributed by atoms with E-state index >= 15 is 0 Å². The molecule has 9 heteroatoms. The number of unbranched alkanes of at least 4 members (excludes halogenated alkanes) is 12. The van der Waals surface area contributed by atoms with Crippen molar-refractivity contribution in [1.29, 1.82) is 0 Å². The van der Waals surface area contributed by atoms with E-state index in [0.717, 1.165) is 19.3 Å². The molecule has 0 radical (unpaired) electrons. The summed E-state index contributed by atoms with van der Waals surface area (Å²) in [5.41, 5.74) is -1.26. The molecular formula is C26H47NO8. The van der Waals surface area contributed by atoms with Crippen molar-refractivity contribution in [3.8, 4) is 0 Å². The molecule has 0 rings (SSSR count). The Balaban J connectivity index is 4.23. The molecule has 0 aromatic rings. The molecule has 0 unspecified atom stereocenters. The average Bonchev–Trinajstić information content (AvgIpc) is 2.80. The minimum atomic E-state index is -1.26. The number of amides is 1. The van der Waals surface area contributed by atoms with Crippen LogP contribution in [0.15, 0.2) is 0 Å². The van der Waals surface area contributed by atoms with Crippen LogP contribution in [0.4, 0.5) is 4.79 Å². The van der Waals surface area contributed by atoms with E-state index in [2.05, 4.69) is 12.2 Å². The number of carbonyl (C=O) groups excluding carboxylic acids is 1. The second kappa shape index (κ2) is 21.0. The van der Waals surface area contributed by atoms with Crippen molar-refractivity contribution in [2.24, 2.45) is 0 Å². The van der Waals surface area contributed by atoms with E-state index in [9.17, 15) is 19.2 Å². The number of alkyl carbamates (subject to hydrolysis) is 1. The summed E-state index contributed by atoms with van der Waals surface area (Å²) in [5.74, 6) is -3.33. The summed E-state index contributed by atoms with van der Waals surface area (Å²) in [6.07, 6.45) is 13.7. The first kappa shape index (κ1) is 32.7. The van der Waals surface area contributed by atoms with Gasteiger partial charge in [0, 0.05) is 24.8 Å². The van der Waals surface area contributed by atoms with Crippen molar-refractivity contribution in [3.63, 3.8) is 0 Å². The third-order valence-corrected chi connectivity index (χ3v) is 6.30. The first-order valence-corrected chi connectivity index (χ1v) is 13.3. The molecule has 0 atom stereocenters. The van der Waals surface area contributed by atoms with Crippen LogP contribution < -0.4 is 5.32 Å². The van der Waals surface area contributed by atoms with E-state index in [1.165, 1.54) is 57.8 Å². The number of carbonyl (C=O) groups is 4. The molecule has 9 nitrogen and oxygen atoms in total. The Bertz CT molecular complexity index is 563. The van der Waals surface area contributed by atoms with Gasteiger partial charge in [-0.25, -0.2) is 4.79 Å². The van der Waals surface area contributed by atoms with Crippen LogP contribution in [0.5, 0.6) is 0 Å². The lowest BCUT2D eigenvalue weighted by atomic mass is 9.83. The summed E-state index contributed by atoms with van der Waals surface area (Å²) in [6, 6.07) is 0. The third kappa shape index (κ3) is 20.7.